The van der Waals surface area contributed by atoms with E-state index in [1.165, 1.54) is 4.68 Å². The van der Waals surface area contributed by atoms with Crippen LogP contribution < -0.4 is 10.3 Å². The van der Waals surface area contributed by atoms with Crippen molar-refractivity contribution in [1.29, 1.82) is 0 Å². The zero-order valence-corrected chi connectivity index (χ0v) is 26.4. The van der Waals surface area contributed by atoms with E-state index in [1.54, 1.807) is 42.6 Å². The number of benzene rings is 3. The molecule has 0 unspecified atom stereocenters. The van der Waals surface area contributed by atoms with Gasteiger partial charge in [0.25, 0.3) is 5.56 Å². The van der Waals surface area contributed by atoms with Crippen molar-refractivity contribution in [2.24, 2.45) is 5.10 Å². The number of ether oxygens (including phenoxy) is 1. The zero-order chi connectivity index (χ0) is 32.8. The Labute approximate surface area is 263 Å². The first kappa shape index (κ1) is 31.6. The summed E-state index contributed by atoms with van der Waals surface area (Å²) in [4.78, 5) is 28.8. The van der Waals surface area contributed by atoms with Crippen LogP contribution in [0, 0.1) is 24.0 Å². The maximum Gasteiger partial charge on any atom is 0.416 e. The number of hydrogen-bond acceptors (Lipinski definition) is 6. The molecule has 0 spiro atoms. The Morgan fingerprint density at radius 3 is 2.31 bits per heavy atom. The van der Waals surface area contributed by atoms with E-state index in [0.717, 1.165) is 39.2 Å². The Morgan fingerprint density at radius 2 is 1.69 bits per heavy atom. The summed E-state index contributed by atoms with van der Waals surface area (Å²) in [6.07, 6.45) is -3.11. The molecule has 0 bridgehead atoms. The van der Waals surface area contributed by atoms with Crippen molar-refractivity contribution >= 4 is 38.7 Å². The smallest absolute Gasteiger partial charge is 0.416 e. The number of rotatable bonds is 6. The fraction of sp³-hybridized carbons (Fsp3) is 0.219. The number of hydrogen-bond donors (Lipinski definition) is 0. The first-order valence-corrected chi connectivity index (χ1v) is 14.4. The standard InChI is InChI=1S/C32H27BrF3N5O4/c1-18-14-20(17-37-40-29(42)25-16-22(33)7-12-26(25)38-30(40)31(3,4)5)19(2)39(18)23-8-10-24(11-9-23)45-28-13-6-21(32(34,35)36)15-27(28)41(43)44/h6-17H,1-5H3. The Kier molecular flexibility index (Phi) is 8.17. The van der Waals surface area contributed by atoms with Gasteiger partial charge in [-0.1, -0.05) is 36.7 Å². The molecule has 9 nitrogen and oxygen atoms in total. The second-order valence-electron chi connectivity index (χ2n) is 11.4. The summed E-state index contributed by atoms with van der Waals surface area (Å²) >= 11 is 3.42. The minimum atomic E-state index is -4.73. The number of nitro groups is 1. The molecule has 0 amide bonds. The van der Waals surface area contributed by atoms with Crippen molar-refractivity contribution in [3.8, 4) is 17.2 Å². The number of alkyl halides is 3. The van der Waals surface area contributed by atoms with Crippen LogP contribution in [0.3, 0.4) is 0 Å². The highest BCUT2D eigenvalue weighted by molar-refractivity contribution is 9.10. The van der Waals surface area contributed by atoms with Crippen LogP contribution in [0.25, 0.3) is 16.6 Å². The van der Waals surface area contributed by atoms with E-state index in [0.29, 0.717) is 22.8 Å². The second-order valence-corrected chi connectivity index (χ2v) is 12.3. The summed E-state index contributed by atoms with van der Waals surface area (Å²) in [5.41, 5.74) is 1.07. The van der Waals surface area contributed by atoms with E-state index in [-0.39, 0.29) is 17.1 Å². The van der Waals surface area contributed by atoms with Gasteiger partial charge in [-0.3, -0.25) is 14.9 Å². The molecule has 2 heterocycles. The average molecular weight is 682 g/mol. The Hall–Kier alpha value is -4.78. The maximum atomic E-state index is 13.5. The number of aromatic nitrogens is 3. The molecule has 0 N–H and O–H groups in total. The molecule has 5 aromatic rings. The summed E-state index contributed by atoms with van der Waals surface area (Å²) in [5, 5.41) is 16.4. The summed E-state index contributed by atoms with van der Waals surface area (Å²) < 4.78 is 48.8. The molecular formula is C32H27BrF3N5O4. The number of halogens is 4. The lowest BCUT2D eigenvalue weighted by Gasteiger charge is -2.20. The van der Waals surface area contributed by atoms with E-state index in [1.807, 2.05) is 51.3 Å². The summed E-state index contributed by atoms with van der Waals surface area (Å²) in [6, 6.07) is 16.0. The van der Waals surface area contributed by atoms with Crippen LogP contribution in [-0.2, 0) is 11.6 Å². The van der Waals surface area contributed by atoms with Crippen LogP contribution in [-0.4, -0.2) is 25.4 Å². The SMILES string of the molecule is Cc1cc(C=Nn2c(C(C)(C)C)nc3ccc(Br)cc3c2=O)c(C)n1-c1ccc(Oc2ccc(C(F)(F)F)cc2[N+](=O)[O-])cc1. The van der Waals surface area contributed by atoms with Crippen LogP contribution >= 0.6 is 15.9 Å². The van der Waals surface area contributed by atoms with Crippen LogP contribution in [0.1, 0.15) is 49.1 Å². The van der Waals surface area contributed by atoms with Crippen molar-refractivity contribution in [2.45, 2.75) is 46.2 Å². The lowest BCUT2D eigenvalue weighted by Crippen LogP contribution is -2.29. The van der Waals surface area contributed by atoms with Gasteiger partial charge in [0.2, 0.25) is 5.75 Å². The van der Waals surface area contributed by atoms with Crippen molar-refractivity contribution in [2.75, 3.05) is 0 Å². The van der Waals surface area contributed by atoms with E-state index in [4.69, 9.17) is 9.72 Å². The first-order valence-electron chi connectivity index (χ1n) is 13.6. The van der Waals surface area contributed by atoms with Crippen LogP contribution in [0.15, 0.2) is 81.1 Å². The molecule has 0 aliphatic heterocycles. The van der Waals surface area contributed by atoms with Crippen LogP contribution in [0.4, 0.5) is 18.9 Å². The molecule has 3 aromatic carbocycles. The molecular weight excluding hydrogens is 655 g/mol. The minimum absolute atomic E-state index is 0.204. The van der Waals surface area contributed by atoms with Gasteiger partial charge in [0.15, 0.2) is 0 Å². The van der Waals surface area contributed by atoms with Crippen molar-refractivity contribution in [3.05, 3.63) is 120 Å². The molecule has 13 heteroatoms. The highest BCUT2D eigenvalue weighted by Gasteiger charge is 2.33. The Bertz CT molecular complexity index is 2040. The molecule has 0 saturated carbocycles. The number of aryl methyl sites for hydroxylation is 1. The van der Waals surface area contributed by atoms with Crippen LogP contribution in [0.2, 0.25) is 0 Å². The predicted molar refractivity (Wildman–Crippen MR) is 169 cm³/mol. The highest BCUT2D eigenvalue weighted by Crippen LogP contribution is 2.38. The summed E-state index contributed by atoms with van der Waals surface area (Å²) in [6.45, 7) is 9.68. The Balaban J connectivity index is 1.46. The van der Waals surface area contributed by atoms with Crippen molar-refractivity contribution < 1.29 is 22.8 Å². The van der Waals surface area contributed by atoms with Gasteiger partial charge < -0.3 is 9.30 Å². The molecule has 0 aliphatic carbocycles. The lowest BCUT2D eigenvalue weighted by atomic mass is 9.95. The highest BCUT2D eigenvalue weighted by atomic mass is 79.9. The van der Waals surface area contributed by atoms with Crippen molar-refractivity contribution in [1.82, 2.24) is 14.2 Å². The summed E-state index contributed by atoms with van der Waals surface area (Å²) in [5.74, 6) is 0.402. The second kappa shape index (κ2) is 11.6. The van der Waals surface area contributed by atoms with Gasteiger partial charge in [-0.2, -0.15) is 22.9 Å². The quantitative estimate of drug-likeness (QED) is 0.102. The first-order chi connectivity index (χ1) is 21.0. The molecule has 0 atom stereocenters. The van der Waals surface area contributed by atoms with E-state index in [9.17, 15) is 28.1 Å². The van der Waals surface area contributed by atoms with Gasteiger partial charge in [0.05, 0.1) is 27.6 Å². The monoisotopic (exact) mass is 681 g/mol. The lowest BCUT2D eigenvalue weighted by molar-refractivity contribution is -0.385. The minimum Gasteiger partial charge on any atom is -0.450 e. The molecule has 0 saturated heterocycles. The van der Waals surface area contributed by atoms with Gasteiger partial charge in [-0.25, -0.2) is 4.98 Å². The third-order valence-electron chi connectivity index (χ3n) is 7.07. The van der Waals surface area contributed by atoms with Gasteiger partial charge in [-0.15, -0.1) is 0 Å². The molecule has 0 radical (unpaired) electrons. The zero-order valence-electron chi connectivity index (χ0n) is 24.8. The van der Waals surface area contributed by atoms with Gasteiger partial charge in [0, 0.05) is 38.6 Å². The number of nitro benzene ring substituents is 1. The molecule has 0 fully saturated rings. The normalized spacial score (nSPS) is 12.3. The van der Waals surface area contributed by atoms with Crippen LogP contribution in [0.5, 0.6) is 11.5 Å². The fourth-order valence-corrected chi connectivity index (χ4v) is 5.25. The molecule has 45 heavy (non-hydrogen) atoms. The molecule has 5 rings (SSSR count). The van der Waals surface area contributed by atoms with Gasteiger partial charge >= 0.3 is 11.9 Å². The van der Waals surface area contributed by atoms with Gasteiger partial charge in [0.1, 0.15) is 11.6 Å². The third-order valence-corrected chi connectivity index (χ3v) is 7.56. The van der Waals surface area contributed by atoms with Gasteiger partial charge in [-0.05, 0) is 74.5 Å². The van der Waals surface area contributed by atoms with Crippen molar-refractivity contribution in [3.63, 3.8) is 0 Å². The van der Waals surface area contributed by atoms with E-state index < -0.39 is 27.8 Å². The molecule has 0 aliphatic rings. The largest absolute Gasteiger partial charge is 0.450 e. The molecule has 232 valence electrons. The number of fused-ring (bicyclic) bond motifs is 1. The predicted octanol–water partition coefficient (Wildman–Crippen LogP) is 8.47. The summed E-state index contributed by atoms with van der Waals surface area (Å²) in [7, 11) is 0. The Morgan fingerprint density at radius 1 is 1.00 bits per heavy atom. The number of nitrogens with zero attached hydrogens (tertiary/aromatic N) is 5. The fourth-order valence-electron chi connectivity index (χ4n) is 4.89. The topological polar surface area (TPSA) is 105 Å². The average Bonchev–Trinajstić information content (AvgIpc) is 3.24. The third kappa shape index (κ3) is 6.39. The molecule has 2 aromatic heterocycles. The van der Waals surface area contributed by atoms with E-state index in [2.05, 4.69) is 21.0 Å². The maximum absolute atomic E-state index is 13.5. The van der Waals surface area contributed by atoms with E-state index >= 15 is 0 Å².